The molecule has 2 heterocycles. The number of aryl methyl sites for hydroxylation is 1. The largest absolute Gasteiger partial charge is 0.504 e. The molecule has 2 N–H and O–H groups in total. The van der Waals surface area contributed by atoms with Crippen LogP contribution >= 0.6 is 0 Å². The molecule has 0 unspecified atom stereocenters. The number of rotatable bonds is 2. The Labute approximate surface area is 129 Å². The van der Waals surface area contributed by atoms with Crippen LogP contribution < -0.4 is 0 Å². The molecule has 0 amide bonds. The maximum absolute atomic E-state index is 11.0. The van der Waals surface area contributed by atoms with E-state index in [1.54, 1.807) is 12.1 Å². The molecule has 0 radical (unpaired) electrons. The molecule has 2 aromatic heterocycles. The van der Waals surface area contributed by atoms with E-state index in [1.807, 2.05) is 19.1 Å². The molecule has 0 aliphatic carbocycles. The number of carboxylic acids is 1. The molecule has 0 saturated heterocycles. The highest BCUT2D eigenvalue weighted by atomic mass is 16.4. The number of carbonyl (C=O) groups is 1. The van der Waals surface area contributed by atoms with Crippen LogP contribution in [0.25, 0.3) is 33.7 Å². The number of benzene rings is 2. The van der Waals surface area contributed by atoms with Gasteiger partial charge in [0, 0.05) is 0 Å². The number of nitrogens with zero attached hydrogens (tertiary/aromatic N) is 1. The average molecular weight is 309 g/mol. The number of hydrogen-bond donors (Lipinski definition) is 2. The number of aromatic hydroxyl groups is 1. The van der Waals surface area contributed by atoms with Gasteiger partial charge in [-0.25, -0.2) is 9.78 Å². The Morgan fingerprint density at radius 2 is 1.91 bits per heavy atom. The van der Waals surface area contributed by atoms with Crippen molar-refractivity contribution < 1.29 is 23.8 Å². The highest BCUT2D eigenvalue weighted by molar-refractivity contribution is 5.93. The molecule has 6 nitrogen and oxygen atoms in total. The maximum atomic E-state index is 11.0. The molecule has 6 heteroatoms. The predicted octanol–water partition coefficient (Wildman–Crippen LogP) is 3.95. The number of oxazole rings is 1. The quantitative estimate of drug-likeness (QED) is 0.582. The SMILES string of the molecule is Cc1ccc2oc(-c3nc4ccc(C(=O)O)cc4o3)c(O)c2c1. The van der Waals surface area contributed by atoms with E-state index in [-0.39, 0.29) is 23.0 Å². The molecule has 4 rings (SSSR count). The summed E-state index contributed by atoms with van der Waals surface area (Å²) in [7, 11) is 0. The number of fused-ring (bicyclic) bond motifs is 2. The van der Waals surface area contributed by atoms with E-state index in [4.69, 9.17) is 13.9 Å². The number of aromatic nitrogens is 1. The van der Waals surface area contributed by atoms with Gasteiger partial charge >= 0.3 is 5.97 Å². The normalized spacial score (nSPS) is 11.3. The van der Waals surface area contributed by atoms with Gasteiger partial charge in [0.1, 0.15) is 11.1 Å². The number of hydrogen-bond acceptors (Lipinski definition) is 5. The molecule has 0 bridgehead atoms. The van der Waals surface area contributed by atoms with Crippen molar-refractivity contribution >= 4 is 28.0 Å². The molecular formula is C17H11NO5. The van der Waals surface area contributed by atoms with Crippen molar-refractivity contribution in [2.75, 3.05) is 0 Å². The Bertz CT molecular complexity index is 1070. The third-order valence-corrected chi connectivity index (χ3v) is 3.65. The summed E-state index contributed by atoms with van der Waals surface area (Å²) in [5, 5.41) is 19.9. The summed E-state index contributed by atoms with van der Waals surface area (Å²) in [5.74, 6) is -0.867. The lowest BCUT2D eigenvalue weighted by molar-refractivity contribution is 0.0697. The molecular weight excluding hydrogens is 298 g/mol. The monoisotopic (exact) mass is 309 g/mol. The summed E-state index contributed by atoms with van der Waals surface area (Å²) in [5.41, 5.74) is 2.42. The predicted molar refractivity (Wildman–Crippen MR) is 82.6 cm³/mol. The third-order valence-electron chi connectivity index (χ3n) is 3.65. The Morgan fingerprint density at radius 3 is 2.70 bits per heavy atom. The fourth-order valence-electron chi connectivity index (χ4n) is 2.50. The minimum absolute atomic E-state index is 0.0475. The molecule has 0 aliphatic heterocycles. The second-order valence-electron chi connectivity index (χ2n) is 5.29. The summed E-state index contributed by atoms with van der Waals surface area (Å²) >= 11 is 0. The molecule has 0 aliphatic rings. The van der Waals surface area contributed by atoms with Crippen molar-refractivity contribution in [3.8, 4) is 17.4 Å². The molecule has 0 saturated carbocycles. The van der Waals surface area contributed by atoms with Crippen LogP contribution in [0.4, 0.5) is 0 Å². The van der Waals surface area contributed by atoms with Crippen LogP contribution in [0, 0.1) is 6.92 Å². The van der Waals surface area contributed by atoms with Crippen LogP contribution in [0.3, 0.4) is 0 Å². The summed E-state index contributed by atoms with van der Waals surface area (Å²) in [6, 6.07) is 9.83. The van der Waals surface area contributed by atoms with Crippen LogP contribution in [-0.2, 0) is 0 Å². The Balaban J connectivity index is 1.91. The van der Waals surface area contributed by atoms with E-state index in [0.29, 0.717) is 22.1 Å². The maximum Gasteiger partial charge on any atom is 0.335 e. The van der Waals surface area contributed by atoms with E-state index >= 15 is 0 Å². The zero-order valence-electron chi connectivity index (χ0n) is 12.0. The zero-order valence-corrected chi connectivity index (χ0v) is 12.0. The Morgan fingerprint density at radius 1 is 1.09 bits per heavy atom. The summed E-state index contributed by atoms with van der Waals surface area (Å²) < 4.78 is 11.2. The van der Waals surface area contributed by atoms with Gasteiger partial charge in [-0.15, -0.1) is 0 Å². The van der Waals surface area contributed by atoms with Gasteiger partial charge in [-0.2, -0.15) is 0 Å². The van der Waals surface area contributed by atoms with Crippen molar-refractivity contribution in [1.29, 1.82) is 0 Å². The van der Waals surface area contributed by atoms with Crippen LogP contribution in [0.15, 0.2) is 45.2 Å². The van der Waals surface area contributed by atoms with Crippen molar-refractivity contribution in [2.45, 2.75) is 6.92 Å². The van der Waals surface area contributed by atoms with Crippen molar-refractivity contribution in [1.82, 2.24) is 4.98 Å². The Kier molecular flexibility index (Phi) is 2.68. The average Bonchev–Trinajstić information content (AvgIpc) is 3.08. The second-order valence-corrected chi connectivity index (χ2v) is 5.29. The van der Waals surface area contributed by atoms with Gasteiger partial charge in [0.25, 0.3) is 5.89 Å². The number of aromatic carboxylic acids is 1. The van der Waals surface area contributed by atoms with Crippen LogP contribution in [-0.4, -0.2) is 21.2 Å². The van der Waals surface area contributed by atoms with Crippen LogP contribution in [0.1, 0.15) is 15.9 Å². The highest BCUT2D eigenvalue weighted by Gasteiger charge is 2.20. The zero-order chi connectivity index (χ0) is 16.1. The first kappa shape index (κ1) is 13.4. The molecule has 0 atom stereocenters. The van der Waals surface area contributed by atoms with Crippen molar-refractivity contribution in [2.24, 2.45) is 0 Å². The van der Waals surface area contributed by atoms with Gasteiger partial charge in [-0.1, -0.05) is 11.6 Å². The van der Waals surface area contributed by atoms with Crippen LogP contribution in [0.5, 0.6) is 5.75 Å². The molecule has 114 valence electrons. The van der Waals surface area contributed by atoms with Gasteiger partial charge in [0.05, 0.1) is 10.9 Å². The third kappa shape index (κ3) is 2.03. The summed E-state index contributed by atoms with van der Waals surface area (Å²) in [6.07, 6.45) is 0. The number of furan rings is 1. The van der Waals surface area contributed by atoms with Gasteiger partial charge in [0.2, 0.25) is 5.76 Å². The summed E-state index contributed by atoms with van der Waals surface area (Å²) in [6.45, 7) is 1.92. The van der Waals surface area contributed by atoms with Gasteiger partial charge < -0.3 is 19.0 Å². The van der Waals surface area contributed by atoms with Crippen molar-refractivity contribution in [3.05, 3.63) is 47.5 Å². The lowest BCUT2D eigenvalue weighted by Crippen LogP contribution is -1.94. The van der Waals surface area contributed by atoms with E-state index in [9.17, 15) is 9.90 Å². The Hall–Kier alpha value is -3.28. The fourth-order valence-corrected chi connectivity index (χ4v) is 2.50. The first-order valence-electron chi connectivity index (χ1n) is 6.89. The molecule has 0 fully saturated rings. The van der Waals surface area contributed by atoms with Crippen molar-refractivity contribution in [3.63, 3.8) is 0 Å². The van der Waals surface area contributed by atoms with E-state index in [2.05, 4.69) is 4.98 Å². The standard InChI is InChI=1S/C17H11NO5/c1-8-2-5-12-10(6-8)14(19)15(22-12)16-18-11-4-3-9(17(20)21)7-13(11)23-16/h2-7,19H,1H3,(H,20,21). The summed E-state index contributed by atoms with van der Waals surface area (Å²) in [4.78, 5) is 15.3. The minimum Gasteiger partial charge on any atom is -0.504 e. The first-order valence-corrected chi connectivity index (χ1v) is 6.89. The van der Waals surface area contributed by atoms with Gasteiger partial charge in [-0.05, 0) is 37.3 Å². The van der Waals surface area contributed by atoms with E-state index < -0.39 is 5.97 Å². The van der Waals surface area contributed by atoms with Gasteiger partial charge in [0.15, 0.2) is 11.3 Å². The molecule has 2 aromatic carbocycles. The minimum atomic E-state index is -1.05. The number of carboxylic acid groups (broad SMARTS) is 1. The molecule has 0 spiro atoms. The molecule has 23 heavy (non-hydrogen) atoms. The lowest BCUT2D eigenvalue weighted by atomic mass is 10.2. The lowest BCUT2D eigenvalue weighted by Gasteiger charge is -1.91. The first-order chi connectivity index (χ1) is 11.0. The van der Waals surface area contributed by atoms with Gasteiger partial charge in [-0.3, -0.25) is 0 Å². The van der Waals surface area contributed by atoms with E-state index in [0.717, 1.165) is 5.56 Å². The second kappa shape index (κ2) is 4.61. The van der Waals surface area contributed by atoms with E-state index in [1.165, 1.54) is 12.1 Å². The van der Waals surface area contributed by atoms with Crippen LogP contribution in [0.2, 0.25) is 0 Å². The highest BCUT2D eigenvalue weighted by Crippen LogP contribution is 2.39. The topological polar surface area (TPSA) is 96.7 Å². The fraction of sp³-hybridized carbons (Fsp3) is 0.0588. The molecule has 4 aromatic rings. The smallest absolute Gasteiger partial charge is 0.335 e.